The summed E-state index contributed by atoms with van der Waals surface area (Å²) < 4.78 is 0. The molecular weight excluding hydrogens is 400 g/mol. The number of guanidine groups is 1. The number of rotatable bonds is 10. The maximum Gasteiger partial charge on any atom is 0.223 e. The zero-order chi connectivity index (χ0) is 22.8. The Morgan fingerprint density at radius 3 is 2.53 bits per heavy atom. The van der Waals surface area contributed by atoms with Crippen molar-refractivity contribution >= 4 is 11.9 Å². The lowest BCUT2D eigenvalue weighted by molar-refractivity contribution is -0.127. The van der Waals surface area contributed by atoms with Gasteiger partial charge in [-0.25, -0.2) is 0 Å². The van der Waals surface area contributed by atoms with E-state index in [1.807, 2.05) is 18.0 Å². The van der Waals surface area contributed by atoms with Crippen LogP contribution in [0.2, 0.25) is 0 Å². The molecule has 3 rings (SSSR count). The molecule has 1 amide bonds. The average Bonchev–Trinajstić information content (AvgIpc) is 3.18. The maximum atomic E-state index is 12.4. The highest BCUT2D eigenvalue weighted by Gasteiger charge is 2.29. The first kappa shape index (κ1) is 24.5. The van der Waals surface area contributed by atoms with Gasteiger partial charge in [-0.05, 0) is 24.4 Å². The summed E-state index contributed by atoms with van der Waals surface area (Å²) in [5.74, 6) is 2.00. The van der Waals surface area contributed by atoms with Crippen LogP contribution in [-0.4, -0.2) is 99.1 Å². The van der Waals surface area contributed by atoms with Crippen molar-refractivity contribution in [3.63, 3.8) is 0 Å². The SMILES string of the molecule is CCN1CCN(CC(C)CNC(=NC)NCC2CC(=O)N(CCc3ccccc3)C2)CC1. The van der Waals surface area contributed by atoms with Crippen LogP contribution in [0.1, 0.15) is 25.8 Å². The van der Waals surface area contributed by atoms with Crippen molar-refractivity contribution in [1.82, 2.24) is 25.3 Å². The van der Waals surface area contributed by atoms with E-state index < -0.39 is 0 Å². The second-order valence-corrected chi connectivity index (χ2v) is 9.32. The molecule has 7 heteroatoms. The molecule has 2 unspecified atom stereocenters. The van der Waals surface area contributed by atoms with E-state index in [0.717, 1.165) is 51.6 Å². The monoisotopic (exact) mass is 442 g/mol. The van der Waals surface area contributed by atoms with Crippen molar-refractivity contribution < 1.29 is 4.79 Å². The fourth-order valence-electron chi connectivity index (χ4n) is 4.64. The second-order valence-electron chi connectivity index (χ2n) is 9.32. The zero-order valence-electron chi connectivity index (χ0n) is 20.2. The number of carbonyl (C=O) groups is 1. The molecule has 178 valence electrons. The van der Waals surface area contributed by atoms with Gasteiger partial charge in [0.1, 0.15) is 0 Å². The third-order valence-corrected chi connectivity index (χ3v) is 6.69. The van der Waals surface area contributed by atoms with Crippen molar-refractivity contribution in [1.29, 1.82) is 0 Å². The van der Waals surface area contributed by atoms with Crippen LogP contribution in [-0.2, 0) is 11.2 Å². The molecule has 2 heterocycles. The van der Waals surface area contributed by atoms with Crippen molar-refractivity contribution in [2.24, 2.45) is 16.8 Å². The normalized spacial score (nSPS) is 21.7. The third kappa shape index (κ3) is 7.78. The van der Waals surface area contributed by atoms with E-state index in [1.54, 1.807) is 0 Å². The first-order valence-electron chi connectivity index (χ1n) is 12.3. The summed E-state index contributed by atoms with van der Waals surface area (Å²) in [6, 6.07) is 10.4. The van der Waals surface area contributed by atoms with Crippen LogP contribution in [0.15, 0.2) is 35.3 Å². The van der Waals surface area contributed by atoms with Crippen molar-refractivity contribution in [3.05, 3.63) is 35.9 Å². The molecule has 2 saturated heterocycles. The van der Waals surface area contributed by atoms with Crippen LogP contribution in [0.4, 0.5) is 0 Å². The van der Waals surface area contributed by atoms with Gasteiger partial charge in [0.05, 0.1) is 0 Å². The lowest BCUT2D eigenvalue weighted by Crippen LogP contribution is -2.48. The minimum absolute atomic E-state index is 0.271. The van der Waals surface area contributed by atoms with E-state index in [2.05, 4.69) is 63.5 Å². The number of hydrogen-bond donors (Lipinski definition) is 2. The lowest BCUT2D eigenvalue weighted by Gasteiger charge is -2.35. The molecular formula is C25H42N6O. The first-order valence-corrected chi connectivity index (χ1v) is 12.3. The Balaban J connectivity index is 1.32. The number of piperazine rings is 1. The average molecular weight is 443 g/mol. The molecule has 0 bridgehead atoms. The molecule has 2 fully saturated rings. The molecule has 0 radical (unpaired) electrons. The Bertz CT molecular complexity index is 716. The molecule has 1 aromatic rings. The van der Waals surface area contributed by atoms with Gasteiger partial charge in [-0.1, -0.05) is 44.2 Å². The quantitative estimate of drug-likeness (QED) is 0.425. The highest BCUT2D eigenvalue weighted by molar-refractivity contribution is 5.80. The number of aliphatic imine (C=N–C) groups is 1. The fourth-order valence-corrected chi connectivity index (χ4v) is 4.64. The van der Waals surface area contributed by atoms with E-state index in [9.17, 15) is 4.79 Å². The van der Waals surface area contributed by atoms with Crippen molar-refractivity contribution in [2.45, 2.75) is 26.7 Å². The summed E-state index contributed by atoms with van der Waals surface area (Å²) >= 11 is 0. The largest absolute Gasteiger partial charge is 0.356 e. The van der Waals surface area contributed by atoms with E-state index >= 15 is 0 Å². The highest BCUT2D eigenvalue weighted by Crippen LogP contribution is 2.17. The molecule has 32 heavy (non-hydrogen) atoms. The zero-order valence-corrected chi connectivity index (χ0v) is 20.2. The smallest absolute Gasteiger partial charge is 0.223 e. The molecule has 0 spiro atoms. The Morgan fingerprint density at radius 2 is 1.84 bits per heavy atom. The topological polar surface area (TPSA) is 63.2 Å². The Hall–Kier alpha value is -2.12. The van der Waals surface area contributed by atoms with Crippen LogP contribution in [0.3, 0.4) is 0 Å². The minimum Gasteiger partial charge on any atom is -0.356 e. The summed E-state index contributed by atoms with van der Waals surface area (Å²) in [6.07, 6.45) is 1.54. The molecule has 7 nitrogen and oxygen atoms in total. The van der Waals surface area contributed by atoms with Gasteiger partial charge >= 0.3 is 0 Å². The second kappa shape index (κ2) is 12.8. The Kier molecular flexibility index (Phi) is 9.81. The number of nitrogens with zero attached hydrogens (tertiary/aromatic N) is 4. The van der Waals surface area contributed by atoms with Crippen LogP contribution in [0, 0.1) is 11.8 Å². The number of amides is 1. The number of likely N-dealkylation sites (N-methyl/N-ethyl adjacent to an activating group) is 1. The van der Waals surface area contributed by atoms with Gasteiger partial charge in [-0.2, -0.15) is 0 Å². The molecule has 0 saturated carbocycles. The van der Waals surface area contributed by atoms with Crippen LogP contribution in [0.5, 0.6) is 0 Å². The predicted octanol–water partition coefficient (Wildman–Crippen LogP) is 1.52. The van der Waals surface area contributed by atoms with Gasteiger partial charge in [0.2, 0.25) is 5.91 Å². The first-order chi connectivity index (χ1) is 15.6. The van der Waals surface area contributed by atoms with Crippen LogP contribution in [0.25, 0.3) is 0 Å². The van der Waals surface area contributed by atoms with Gasteiger partial charge in [0.25, 0.3) is 0 Å². The van der Waals surface area contributed by atoms with Gasteiger partial charge in [-0.15, -0.1) is 0 Å². The summed E-state index contributed by atoms with van der Waals surface area (Å²) in [5.41, 5.74) is 1.29. The number of carbonyl (C=O) groups excluding carboxylic acids is 1. The van der Waals surface area contributed by atoms with E-state index in [4.69, 9.17) is 0 Å². The third-order valence-electron chi connectivity index (χ3n) is 6.69. The molecule has 1 aromatic carbocycles. The van der Waals surface area contributed by atoms with Crippen molar-refractivity contribution in [3.8, 4) is 0 Å². The molecule has 2 atom stereocenters. The number of benzene rings is 1. The number of hydrogen-bond acceptors (Lipinski definition) is 4. The molecule has 0 aromatic heterocycles. The number of likely N-dealkylation sites (tertiary alicyclic amines) is 1. The van der Waals surface area contributed by atoms with Gasteiger partial charge < -0.3 is 25.3 Å². The van der Waals surface area contributed by atoms with Gasteiger partial charge in [0.15, 0.2) is 5.96 Å². The van der Waals surface area contributed by atoms with Crippen molar-refractivity contribution in [2.75, 3.05) is 72.5 Å². The molecule has 2 aliphatic heterocycles. The van der Waals surface area contributed by atoms with E-state index in [1.165, 1.54) is 31.7 Å². The van der Waals surface area contributed by atoms with Crippen LogP contribution < -0.4 is 10.6 Å². The summed E-state index contributed by atoms with van der Waals surface area (Å²) in [4.78, 5) is 23.9. The number of nitrogens with one attached hydrogen (secondary N) is 2. The van der Waals surface area contributed by atoms with E-state index in [0.29, 0.717) is 18.3 Å². The predicted molar refractivity (Wildman–Crippen MR) is 132 cm³/mol. The molecule has 2 aliphatic rings. The fraction of sp³-hybridized carbons (Fsp3) is 0.680. The minimum atomic E-state index is 0.271. The van der Waals surface area contributed by atoms with Gasteiger partial charge in [-0.3, -0.25) is 9.79 Å². The van der Waals surface area contributed by atoms with Gasteiger partial charge in [0, 0.05) is 78.3 Å². The highest BCUT2D eigenvalue weighted by atomic mass is 16.2. The Labute approximate surface area is 194 Å². The Morgan fingerprint density at radius 1 is 1.12 bits per heavy atom. The molecule has 2 N–H and O–H groups in total. The summed E-state index contributed by atoms with van der Waals surface area (Å²) in [6.45, 7) is 14.8. The van der Waals surface area contributed by atoms with Crippen LogP contribution >= 0.6 is 0 Å². The maximum absolute atomic E-state index is 12.4. The standard InChI is InChI=1S/C25H42N6O/c1-4-29-12-14-30(15-13-29)19-21(2)17-27-25(26-3)28-18-23-16-24(32)31(20-23)11-10-22-8-6-5-7-9-22/h5-9,21,23H,4,10-20H2,1-3H3,(H2,26,27,28). The summed E-state index contributed by atoms with van der Waals surface area (Å²) in [5, 5.41) is 6.91. The summed E-state index contributed by atoms with van der Waals surface area (Å²) in [7, 11) is 1.82. The molecule has 0 aliphatic carbocycles. The van der Waals surface area contributed by atoms with E-state index in [-0.39, 0.29) is 5.91 Å². The lowest BCUT2D eigenvalue weighted by atomic mass is 10.1.